The zero-order valence-electron chi connectivity index (χ0n) is 13.6. The lowest BCUT2D eigenvalue weighted by Gasteiger charge is -2.09. The van der Waals surface area contributed by atoms with E-state index in [1.54, 1.807) is 42.6 Å². The molecule has 1 unspecified atom stereocenters. The Kier molecular flexibility index (Phi) is 4.85. The average molecular weight is 360 g/mol. The first kappa shape index (κ1) is 17.2. The van der Waals surface area contributed by atoms with E-state index >= 15 is 0 Å². The fraction of sp³-hybridized carbons (Fsp3) is 0.167. The number of ether oxygens (including phenoxy) is 2. The molecule has 5 nitrogen and oxygen atoms in total. The van der Waals surface area contributed by atoms with Crippen LogP contribution in [0.15, 0.2) is 59.6 Å². The molecular weight excluding hydrogens is 343 g/mol. The summed E-state index contributed by atoms with van der Waals surface area (Å²) in [5.41, 5.74) is 1.51. The minimum absolute atomic E-state index is 0.277. The molecule has 1 aromatic heterocycles. The molecule has 0 spiro atoms. The molecule has 1 heterocycles. The third kappa shape index (κ3) is 4.24. The zero-order chi connectivity index (χ0) is 17.9. The smallest absolute Gasteiger partial charge is 0.228 e. The van der Waals surface area contributed by atoms with E-state index in [1.807, 2.05) is 12.1 Å². The number of alkyl halides is 1. The topological polar surface area (TPSA) is 72.3 Å². The van der Waals surface area contributed by atoms with Crippen molar-refractivity contribution in [1.82, 2.24) is 4.98 Å². The molecule has 3 rings (SSSR count). The maximum absolute atomic E-state index is 12.2. The summed E-state index contributed by atoms with van der Waals surface area (Å²) >= 11 is 0. The second-order valence-electron chi connectivity index (χ2n) is 5.56. The van der Waals surface area contributed by atoms with E-state index < -0.39 is 16.6 Å². The van der Waals surface area contributed by atoms with Gasteiger partial charge in [-0.3, -0.25) is 4.98 Å². The molecule has 0 amide bonds. The monoisotopic (exact) mass is 360 g/mol. The summed E-state index contributed by atoms with van der Waals surface area (Å²) < 4.78 is 42.2. The Morgan fingerprint density at radius 3 is 2.72 bits per heavy atom. The molecule has 0 bridgehead atoms. The van der Waals surface area contributed by atoms with Gasteiger partial charge in [-0.05, 0) is 35.9 Å². The zero-order valence-corrected chi connectivity index (χ0v) is 14.4. The number of rotatable bonds is 6. The summed E-state index contributed by atoms with van der Waals surface area (Å²) in [6.07, 6.45) is 2.97. The van der Waals surface area contributed by atoms with Gasteiger partial charge in [-0.15, -0.1) is 0 Å². The average Bonchev–Trinajstić information content (AvgIpc) is 2.60. The van der Waals surface area contributed by atoms with Crippen LogP contribution in [0.25, 0.3) is 10.9 Å². The second kappa shape index (κ2) is 7.06. The Hall–Kier alpha value is -2.67. The first-order valence-electron chi connectivity index (χ1n) is 7.50. The molecule has 0 fully saturated rings. The van der Waals surface area contributed by atoms with Gasteiger partial charge in [0.1, 0.15) is 18.1 Å². The summed E-state index contributed by atoms with van der Waals surface area (Å²) in [5, 5.41) is 0.847. The molecule has 0 aliphatic rings. The number of halogens is 1. The first-order chi connectivity index (χ1) is 12.0. The number of benzene rings is 2. The van der Waals surface area contributed by atoms with Crippen LogP contribution in [-0.4, -0.2) is 22.3 Å². The number of fused-ring (bicyclic) bond motifs is 1. The van der Waals surface area contributed by atoms with E-state index in [4.69, 9.17) is 14.3 Å². The Bertz CT molecular complexity index is 1010. The van der Waals surface area contributed by atoms with Crippen LogP contribution < -0.4 is 9.47 Å². The van der Waals surface area contributed by atoms with E-state index in [9.17, 15) is 8.60 Å². The molecular formula is C18H17FN2O3S. The summed E-state index contributed by atoms with van der Waals surface area (Å²) in [7, 11) is -2.75. The molecule has 0 saturated carbocycles. The molecule has 1 N–H and O–H groups in total. The lowest BCUT2D eigenvalue weighted by molar-refractivity contribution is 0.192. The van der Waals surface area contributed by atoms with Crippen LogP contribution in [-0.2, 0) is 16.3 Å². The summed E-state index contributed by atoms with van der Waals surface area (Å²) in [6, 6.07) is 13.9. The standard InChI is InChI=1S/C18H17FN2O3S/c1-25(20,22)17-4-2-3-13(7-17)11-23-16-8-14-5-6-15(24-12-19)9-18(14)21-10-16/h2-10,20H,11-12H2,1H3. The van der Waals surface area contributed by atoms with Gasteiger partial charge in [0, 0.05) is 22.6 Å². The highest BCUT2D eigenvalue weighted by Crippen LogP contribution is 2.23. The lowest BCUT2D eigenvalue weighted by Crippen LogP contribution is -2.00. The van der Waals surface area contributed by atoms with Gasteiger partial charge >= 0.3 is 0 Å². The maximum Gasteiger partial charge on any atom is 0.228 e. The van der Waals surface area contributed by atoms with Crippen molar-refractivity contribution in [2.45, 2.75) is 11.5 Å². The van der Waals surface area contributed by atoms with Crippen molar-refractivity contribution in [1.29, 1.82) is 4.78 Å². The Morgan fingerprint density at radius 1 is 1.12 bits per heavy atom. The van der Waals surface area contributed by atoms with Crippen LogP contribution in [0.5, 0.6) is 11.5 Å². The van der Waals surface area contributed by atoms with Crippen molar-refractivity contribution < 1.29 is 18.1 Å². The maximum atomic E-state index is 12.2. The van der Waals surface area contributed by atoms with E-state index in [-0.39, 0.29) is 6.61 Å². The Morgan fingerprint density at radius 2 is 1.96 bits per heavy atom. The summed E-state index contributed by atoms with van der Waals surface area (Å²) in [5.74, 6) is 1.01. The number of hydrogen-bond acceptors (Lipinski definition) is 5. The van der Waals surface area contributed by atoms with Gasteiger partial charge in [0.25, 0.3) is 0 Å². The SMILES string of the molecule is CS(=N)(=O)c1cccc(COc2cnc3cc(OCF)ccc3c2)c1. The Balaban J connectivity index is 1.76. The Labute approximate surface area is 145 Å². The van der Waals surface area contributed by atoms with Crippen LogP contribution >= 0.6 is 0 Å². The number of nitrogens with zero attached hydrogens (tertiary/aromatic N) is 1. The van der Waals surface area contributed by atoms with Gasteiger partial charge in [-0.2, -0.15) is 0 Å². The molecule has 1 atom stereocenters. The lowest BCUT2D eigenvalue weighted by atomic mass is 10.2. The molecule has 3 aromatic rings. The van der Waals surface area contributed by atoms with E-state index in [0.29, 0.717) is 21.9 Å². The van der Waals surface area contributed by atoms with Crippen LogP contribution in [0.2, 0.25) is 0 Å². The van der Waals surface area contributed by atoms with Gasteiger partial charge in [-0.25, -0.2) is 13.4 Å². The highest BCUT2D eigenvalue weighted by atomic mass is 32.2. The van der Waals surface area contributed by atoms with Gasteiger partial charge in [-0.1, -0.05) is 12.1 Å². The fourth-order valence-corrected chi connectivity index (χ4v) is 3.07. The molecule has 0 radical (unpaired) electrons. The first-order valence-corrected chi connectivity index (χ1v) is 9.46. The molecule has 0 saturated heterocycles. The molecule has 0 aliphatic heterocycles. The van der Waals surface area contributed by atoms with Gasteiger partial charge in [0.2, 0.25) is 6.86 Å². The molecule has 7 heteroatoms. The van der Waals surface area contributed by atoms with Crippen molar-refractivity contribution >= 4 is 20.6 Å². The molecule has 130 valence electrons. The summed E-state index contributed by atoms with van der Waals surface area (Å²) in [4.78, 5) is 4.77. The largest absolute Gasteiger partial charge is 0.487 e. The quantitative estimate of drug-likeness (QED) is 0.716. The third-order valence-electron chi connectivity index (χ3n) is 3.61. The van der Waals surface area contributed by atoms with Crippen LogP contribution in [0.3, 0.4) is 0 Å². The predicted molar refractivity (Wildman–Crippen MR) is 94.2 cm³/mol. The van der Waals surface area contributed by atoms with Crippen molar-refractivity contribution in [3.63, 3.8) is 0 Å². The normalized spacial score (nSPS) is 13.4. The van der Waals surface area contributed by atoms with Gasteiger partial charge < -0.3 is 9.47 Å². The van der Waals surface area contributed by atoms with Crippen molar-refractivity contribution in [2.24, 2.45) is 0 Å². The second-order valence-corrected chi connectivity index (χ2v) is 7.72. The van der Waals surface area contributed by atoms with Crippen LogP contribution in [0, 0.1) is 4.78 Å². The van der Waals surface area contributed by atoms with E-state index in [1.165, 1.54) is 6.26 Å². The van der Waals surface area contributed by atoms with Gasteiger partial charge in [0.15, 0.2) is 0 Å². The number of aromatic nitrogens is 1. The molecule has 0 aliphatic carbocycles. The number of nitrogens with one attached hydrogen (secondary N) is 1. The highest BCUT2D eigenvalue weighted by molar-refractivity contribution is 7.91. The fourth-order valence-electron chi connectivity index (χ4n) is 2.36. The number of pyridine rings is 1. The third-order valence-corrected chi connectivity index (χ3v) is 4.76. The van der Waals surface area contributed by atoms with Crippen molar-refractivity contribution in [2.75, 3.05) is 13.1 Å². The minimum Gasteiger partial charge on any atom is -0.487 e. The van der Waals surface area contributed by atoms with Crippen molar-refractivity contribution in [3.8, 4) is 11.5 Å². The van der Waals surface area contributed by atoms with E-state index in [0.717, 1.165) is 10.9 Å². The van der Waals surface area contributed by atoms with Gasteiger partial charge in [0.05, 0.1) is 21.4 Å². The minimum atomic E-state index is -2.75. The molecule has 25 heavy (non-hydrogen) atoms. The highest BCUT2D eigenvalue weighted by Gasteiger charge is 2.06. The summed E-state index contributed by atoms with van der Waals surface area (Å²) in [6.45, 7) is -0.603. The van der Waals surface area contributed by atoms with Crippen LogP contribution in [0.4, 0.5) is 4.39 Å². The molecule has 2 aromatic carbocycles. The van der Waals surface area contributed by atoms with Crippen LogP contribution in [0.1, 0.15) is 5.56 Å². The predicted octanol–water partition coefficient (Wildman–Crippen LogP) is 4.16. The van der Waals surface area contributed by atoms with E-state index in [2.05, 4.69) is 4.98 Å². The number of hydrogen-bond donors (Lipinski definition) is 1. The van der Waals surface area contributed by atoms with Crippen molar-refractivity contribution in [3.05, 3.63) is 60.3 Å².